The van der Waals surface area contributed by atoms with E-state index < -0.39 is 0 Å². The quantitative estimate of drug-likeness (QED) is 0.480. The number of thioether (sulfide) groups is 1. The highest BCUT2D eigenvalue weighted by Gasteiger charge is 2.13. The second-order valence-corrected chi connectivity index (χ2v) is 5.51. The summed E-state index contributed by atoms with van der Waals surface area (Å²) in [7, 11) is 0. The van der Waals surface area contributed by atoms with Gasteiger partial charge in [0, 0.05) is 11.4 Å². The molecule has 0 saturated heterocycles. The average Bonchev–Trinajstić information content (AvgIpc) is 2.24. The maximum Gasteiger partial charge on any atom is 0.125 e. The first-order valence-corrected chi connectivity index (χ1v) is 6.89. The van der Waals surface area contributed by atoms with Crippen LogP contribution in [-0.4, -0.2) is 16.6 Å². The van der Waals surface area contributed by atoms with Crippen LogP contribution >= 0.6 is 11.8 Å². The molecule has 0 bridgehead atoms. The predicted molar refractivity (Wildman–Crippen MR) is 74.9 cm³/mol. The second-order valence-electron chi connectivity index (χ2n) is 4.50. The van der Waals surface area contributed by atoms with E-state index in [-0.39, 0.29) is 5.84 Å². The van der Waals surface area contributed by atoms with E-state index in [1.165, 1.54) is 0 Å². The number of nitrogens with one attached hydrogen (secondary N) is 1. The van der Waals surface area contributed by atoms with Crippen LogP contribution in [0.25, 0.3) is 0 Å². The van der Waals surface area contributed by atoms with Crippen molar-refractivity contribution in [3.8, 4) is 0 Å². The molecule has 94 valence electrons. The summed E-state index contributed by atoms with van der Waals surface area (Å²) in [6.45, 7) is 8.37. The first kappa shape index (κ1) is 14.0. The first-order valence-electron chi connectivity index (χ1n) is 5.91. The van der Waals surface area contributed by atoms with Crippen molar-refractivity contribution in [2.45, 2.75) is 39.1 Å². The molecule has 1 heterocycles. The number of hydrogen-bond donors (Lipinski definition) is 2. The van der Waals surface area contributed by atoms with Gasteiger partial charge in [-0.05, 0) is 31.4 Å². The molecule has 3 N–H and O–H groups in total. The highest BCUT2D eigenvalue weighted by atomic mass is 32.2. The summed E-state index contributed by atoms with van der Waals surface area (Å²) in [5, 5.41) is 8.54. The summed E-state index contributed by atoms with van der Waals surface area (Å²) >= 11 is 1.70. The Morgan fingerprint density at radius 2 is 2.18 bits per heavy atom. The minimum Gasteiger partial charge on any atom is -0.384 e. The third kappa shape index (κ3) is 3.73. The molecule has 0 aromatic carbocycles. The Kier molecular flexibility index (Phi) is 5.00. The number of amidine groups is 1. The van der Waals surface area contributed by atoms with Gasteiger partial charge in [-0.25, -0.2) is 4.98 Å². The molecular weight excluding hydrogens is 230 g/mol. The van der Waals surface area contributed by atoms with Crippen LogP contribution in [0.4, 0.5) is 0 Å². The minimum atomic E-state index is 0.113. The van der Waals surface area contributed by atoms with E-state index in [0.717, 1.165) is 34.0 Å². The number of aryl methyl sites for hydroxylation is 2. The summed E-state index contributed by atoms with van der Waals surface area (Å²) in [6, 6.07) is 1.98. The Morgan fingerprint density at radius 1 is 1.53 bits per heavy atom. The molecule has 3 nitrogen and oxygen atoms in total. The Bertz CT molecular complexity index is 415. The lowest BCUT2D eigenvalue weighted by Crippen LogP contribution is -2.16. The van der Waals surface area contributed by atoms with Gasteiger partial charge in [-0.15, -0.1) is 11.8 Å². The second kappa shape index (κ2) is 6.05. The standard InChI is InChI=1S/C13H21N3S/c1-5-8(2)7-17-13-11(12(14)15)9(3)6-10(4)16-13/h6,8H,5,7H2,1-4H3,(H3,14,15). The molecule has 1 rings (SSSR count). The lowest BCUT2D eigenvalue weighted by atomic mass is 10.1. The monoisotopic (exact) mass is 251 g/mol. The fourth-order valence-corrected chi connectivity index (χ4v) is 2.88. The van der Waals surface area contributed by atoms with E-state index in [4.69, 9.17) is 11.1 Å². The summed E-state index contributed by atoms with van der Waals surface area (Å²) in [5.74, 6) is 1.79. The molecule has 0 aliphatic heterocycles. The summed E-state index contributed by atoms with van der Waals surface area (Å²) in [5.41, 5.74) is 8.45. The van der Waals surface area contributed by atoms with Crippen LogP contribution in [0.1, 0.15) is 37.1 Å². The molecule has 0 amide bonds. The van der Waals surface area contributed by atoms with Gasteiger partial charge in [0.05, 0.1) is 5.56 Å². The van der Waals surface area contributed by atoms with Crippen molar-refractivity contribution in [2.24, 2.45) is 11.7 Å². The van der Waals surface area contributed by atoms with Crippen LogP contribution in [0.15, 0.2) is 11.1 Å². The molecule has 0 radical (unpaired) electrons. The maximum atomic E-state index is 7.64. The Labute approximate surface area is 108 Å². The van der Waals surface area contributed by atoms with E-state index in [2.05, 4.69) is 18.8 Å². The van der Waals surface area contributed by atoms with Crippen molar-refractivity contribution in [1.82, 2.24) is 4.98 Å². The van der Waals surface area contributed by atoms with Crippen LogP contribution in [0.3, 0.4) is 0 Å². The minimum absolute atomic E-state index is 0.113. The predicted octanol–water partition coefficient (Wildman–Crippen LogP) is 3.12. The van der Waals surface area contributed by atoms with Crippen LogP contribution in [0.2, 0.25) is 0 Å². The molecule has 1 aromatic heterocycles. The highest BCUT2D eigenvalue weighted by molar-refractivity contribution is 7.99. The number of hydrogen-bond acceptors (Lipinski definition) is 3. The van der Waals surface area contributed by atoms with Gasteiger partial charge in [0.25, 0.3) is 0 Å². The average molecular weight is 251 g/mol. The molecule has 1 unspecified atom stereocenters. The topological polar surface area (TPSA) is 62.8 Å². The Balaban J connectivity index is 3.00. The summed E-state index contributed by atoms with van der Waals surface area (Å²) < 4.78 is 0. The van der Waals surface area contributed by atoms with Crippen LogP contribution < -0.4 is 5.73 Å². The van der Waals surface area contributed by atoms with Gasteiger partial charge < -0.3 is 5.73 Å². The molecule has 0 aliphatic rings. The van der Waals surface area contributed by atoms with Crippen molar-refractivity contribution >= 4 is 17.6 Å². The molecule has 0 spiro atoms. The fourth-order valence-electron chi connectivity index (χ4n) is 1.57. The van der Waals surface area contributed by atoms with Crippen LogP contribution in [0.5, 0.6) is 0 Å². The summed E-state index contributed by atoms with van der Waals surface area (Å²) in [6.07, 6.45) is 1.16. The van der Waals surface area contributed by atoms with E-state index in [0.29, 0.717) is 5.92 Å². The van der Waals surface area contributed by atoms with Crippen molar-refractivity contribution < 1.29 is 0 Å². The number of nitrogen functional groups attached to an aromatic ring is 1. The van der Waals surface area contributed by atoms with E-state index >= 15 is 0 Å². The Hall–Kier alpha value is -1.03. The van der Waals surface area contributed by atoms with E-state index in [1.54, 1.807) is 11.8 Å². The third-order valence-electron chi connectivity index (χ3n) is 2.78. The molecule has 1 atom stereocenters. The zero-order chi connectivity index (χ0) is 13.0. The number of rotatable bonds is 5. The lowest BCUT2D eigenvalue weighted by molar-refractivity contribution is 0.636. The normalized spacial score (nSPS) is 12.5. The van der Waals surface area contributed by atoms with E-state index in [1.807, 2.05) is 19.9 Å². The maximum absolute atomic E-state index is 7.64. The smallest absolute Gasteiger partial charge is 0.125 e. The SMILES string of the molecule is CCC(C)CSc1nc(C)cc(C)c1C(=N)N. The number of nitrogens with zero attached hydrogens (tertiary/aromatic N) is 1. The number of pyridine rings is 1. The Morgan fingerprint density at radius 3 is 2.71 bits per heavy atom. The molecular formula is C13H21N3S. The van der Waals surface area contributed by atoms with Gasteiger partial charge in [0.15, 0.2) is 0 Å². The van der Waals surface area contributed by atoms with Gasteiger partial charge in [0.2, 0.25) is 0 Å². The highest BCUT2D eigenvalue weighted by Crippen LogP contribution is 2.26. The number of nitrogens with two attached hydrogens (primary N) is 1. The fraction of sp³-hybridized carbons (Fsp3) is 0.538. The largest absolute Gasteiger partial charge is 0.384 e. The van der Waals surface area contributed by atoms with Gasteiger partial charge in [-0.2, -0.15) is 0 Å². The van der Waals surface area contributed by atoms with Crippen molar-refractivity contribution in [3.63, 3.8) is 0 Å². The van der Waals surface area contributed by atoms with Gasteiger partial charge in [0.1, 0.15) is 10.9 Å². The summed E-state index contributed by atoms with van der Waals surface area (Å²) in [4.78, 5) is 4.50. The van der Waals surface area contributed by atoms with Gasteiger partial charge in [-0.1, -0.05) is 20.3 Å². The van der Waals surface area contributed by atoms with Crippen molar-refractivity contribution in [3.05, 3.63) is 22.9 Å². The zero-order valence-electron chi connectivity index (χ0n) is 11.0. The molecule has 1 aromatic rings. The third-order valence-corrected chi connectivity index (χ3v) is 4.09. The van der Waals surface area contributed by atoms with Crippen LogP contribution in [0, 0.1) is 25.2 Å². The van der Waals surface area contributed by atoms with Crippen molar-refractivity contribution in [2.75, 3.05) is 5.75 Å². The van der Waals surface area contributed by atoms with Gasteiger partial charge >= 0.3 is 0 Å². The molecule has 4 heteroatoms. The molecule has 17 heavy (non-hydrogen) atoms. The molecule has 0 aliphatic carbocycles. The van der Waals surface area contributed by atoms with Crippen LogP contribution in [-0.2, 0) is 0 Å². The zero-order valence-corrected chi connectivity index (χ0v) is 11.8. The van der Waals surface area contributed by atoms with E-state index in [9.17, 15) is 0 Å². The molecule has 0 saturated carbocycles. The molecule has 0 fully saturated rings. The van der Waals surface area contributed by atoms with Crippen molar-refractivity contribution in [1.29, 1.82) is 5.41 Å². The number of aromatic nitrogens is 1. The van der Waals surface area contributed by atoms with Gasteiger partial charge in [-0.3, -0.25) is 5.41 Å². The lowest BCUT2D eigenvalue weighted by Gasteiger charge is -2.13. The first-order chi connectivity index (χ1) is 7.95.